The first-order valence-electron chi connectivity index (χ1n) is 7.65. The van der Waals surface area contributed by atoms with E-state index in [1.165, 1.54) is 21.8 Å². The lowest BCUT2D eigenvalue weighted by molar-refractivity contribution is 0.827. The van der Waals surface area contributed by atoms with Crippen molar-refractivity contribution in [2.75, 3.05) is 0 Å². The second-order valence-corrected chi connectivity index (χ2v) is 6.52. The van der Waals surface area contributed by atoms with Crippen molar-refractivity contribution in [1.82, 2.24) is 4.57 Å². The molecular weight excluding hydrogens is 325 g/mol. The zero-order chi connectivity index (χ0) is 16.0. The largest absolute Gasteiger partial charge is 0.341 e. The third kappa shape index (κ3) is 2.41. The summed E-state index contributed by atoms with van der Waals surface area (Å²) in [6.45, 7) is 3.13. The summed E-state index contributed by atoms with van der Waals surface area (Å²) in [5, 5.41) is 3.85. The third-order valence-electron chi connectivity index (χ3n) is 4.28. The minimum absolute atomic E-state index is 0.656. The lowest BCUT2D eigenvalue weighted by Gasteiger charge is -2.06. The third-order valence-corrected chi connectivity index (χ3v) is 4.72. The van der Waals surface area contributed by atoms with Crippen molar-refractivity contribution in [3.63, 3.8) is 0 Å². The molecule has 0 aliphatic carbocycles. The molecule has 114 valence electrons. The fourth-order valence-electron chi connectivity index (χ4n) is 3.29. The number of hydrogen-bond donors (Lipinski definition) is 0. The van der Waals surface area contributed by atoms with Crippen molar-refractivity contribution in [3.8, 4) is 11.1 Å². The molecule has 0 amide bonds. The number of fused-ring (bicyclic) bond motifs is 3. The topological polar surface area (TPSA) is 4.93 Å². The number of rotatable bonds is 2. The average molecular weight is 340 g/mol. The Balaban J connectivity index is 2.03. The summed E-state index contributed by atoms with van der Waals surface area (Å²) in [6, 6.07) is 20.7. The maximum absolute atomic E-state index is 6.15. The Morgan fingerprint density at radius 1 is 0.739 bits per heavy atom. The smallest absolute Gasteiger partial charge is 0.0491 e. The molecule has 0 saturated heterocycles. The van der Waals surface area contributed by atoms with Gasteiger partial charge in [0.25, 0.3) is 0 Å². The van der Waals surface area contributed by atoms with Crippen molar-refractivity contribution in [1.29, 1.82) is 0 Å². The number of hydrogen-bond acceptors (Lipinski definition) is 0. The summed E-state index contributed by atoms with van der Waals surface area (Å²) in [4.78, 5) is 0. The molecular formula is C20H15Cl2N. The van der Waals surface area contributed by atoms with Gasteiger partial charge in [0.15, 0.2) is 0 Å². The molecule has 0 bridgehead atoms. The Hall–Kier alpha value is -1.96. The van der Waals surface area contributed by atoms with E-state index in [1.807, 2.05) is 12.1 Å². The summed E-state index contributed by atoms with van der Waals surface area (Å²) in [5.74, 6) is 0. The van der Waals surface area contributed by atoms with E-state index in [-0.39, 0.29) is 0 Å². The van der Waals surface area contributed by atoms with Crippen LogP contribution in [0.4, 0.5) is 0 Å². The number of para-hydroxylation sites is 1. The van der Waals surface area contributed by atoms with Gasteiger partial charge in [-0.3, -0.25) is 0 Å². The van der Waals surface area contributed by atoms with Crippen LogP contribution in [0.3, 0.4) is 0 Å². The SMILES string of the molecule is CCn1c2ccccc2c2cc(-c3cc(Cl)cc(Cl)c3)ccc21. The predicted molar refractivity (Wildman–Crippen MR) is 101 cm³/mol. The Bertz CT molecular complexity index is 1010. The molecule has 4 aromatic rings. The predicted octanol–water partition coefficient (Wildman–Crippen LogP) is 6.79. The molecule has 0 fully saturated rings. The van der Waals surface area contributed by atoms with Crippen molar-refractivity contribution in [3.05, 3.63) is 70.7 Å². The first-order valence-corrected chi connectivity index (χ1v) is 8.40. The summed E-state index contributed by atoms with van der Waals surface area (Å²) in [5.41, 5.74) is 4.69. The Morgan fingerprint density at radius 2 is 1.43 bits per heavy atom. The zero-order valence-electron chi connectivity index (χ0n) is 12.7. The fourth-order valence-corrected chi connectivity index (χ4v) is 3.82. The van der Waals surface area contributed by atoms with Gasteiger partial charge in [-0.05, 0) is 54.4 Å². The molecule has 1 heterocycles. The van der Waals surface area contributed by atoms with Crippen LogP contribution in [0.1, 0.15) is 6.92 Å². The number of aryl methyl sites for hydroxylation is 1. The van der Waals surface area contributed by atoms with Gasteiger partial charge in [-0.1, -0.05) is 47.5 Å². The molecule has 4 rings (SSSR count). The molecule has 23 heavy (non-hydrogen) atoms. The molecule has 0 saturated carbocycles. The maximum Gasteiger partial charge on any atom is 0.0491 e. The van der Waals surface area contributed by atoms with E-state index in [2.05, 4.69) is 54.0 Å². The van der Waals surface area contributed by atoms with Crippen LogP contribution in [0.5, 0.6) is 0 Å². The summed E-state index contributed by atoms with van der Waals surface area (Å²) >= 11 is 12.3. The average Bonchev–Trinajstić information content (AvgIpc) is 2.87. The van der Waals surface area contributed by atoms with E-state index in [0.29, 0.717) is 10.0 Å². The standard InChI is InChI=1S/C20H15Cl2N/c1-2-23-19-6-4-3-5-17(19)18-11-13(7-8-20(18)23)14-9-15(21)12-16(22)10-14/h3-12H,2H2,1H3. The van der Waals surface area contributed by atoms with Crippen molar-refractivity contribution in [2.24, 2.45) is 0 Å². The van der Waals surface area contributed by atoms with Gasteiger partial charge in [-0.15, -0.1) is 0 Å². The van der Waals surface area contributed by atoms with Gasteiger partial charge in [0.05, 0.1) is 0 Å². The second-order valence-electron chi connectivity index (χ2n) is 5.65. The number of benzene rings is 3. The van der Waals surface area contributed by atoms with Crippen LogP contribution >= 0.6 is 23.2 Å². The molecule has 1 aromatic heterocycles. The van der Waals surface area contributed by atoms with Crippen LogP contribution < -0.4 is 0 Å². The molecule has 0 unspecified atom stereocenters. The van der Waals surface area contributed by atoms with Gasteiger partial charge in [-0.25, -0.2) is 0 Å². The van der Waals surface area contributed by atoms with Crippen LogP contribution in [0.15, 0.2) is 60.7 Å². The van der Waals surface area contributed by atoms with Crippen LogP contribution in [0.2, 0.25) is 10.0 Å². The fraction of sp³-hybridized carbons (Fsp3) is 0.100. The first-order chi connectivity index (χ1) is 11.2. The van der Waals surface area contributed by atoms with Crippen LogP contribution in [0, 0.1) is 0 Å². The van der Waals surface area contributed by atoms with Crippen LogP contribution in [0.25, 0.3) is 32.9 Å². The number of aromatic nitrogens is 1. The van der Waals surface area contributed by atoms with Gasteiger partial charge in [0.2, 0.25) is 0 Å². The summed E-state index contributed by atoms with van der Waals surface area (Å²) < 4.78 is 2.35. The lowest BCUT2D eigenvalue weighted by Crippen LogP contribution is -1.92. The maximum atomic E-state index is 6.15. The molecule has 0 radical (unpaired) electrons. The highest BCUT2D eigenvalue weighted by Crippen LogP contribution is 2.34. The minimum Gasteiger partial charge on any atom is -0.341 e. The monoisotopic (exact) mass is 339 g/mol. The minimum atomic E-state index is 0.656. The Kier molecular flexibility index (Phi) is 3.56. The van der Waals surface area contributed by atoms with E-state index in [1.54, 1.807) is 6.07 Å². The van der Waals surface area contributed by atoms with Crippen molar-refractivity contribution < 1.29 is 0 Å². The molecule has 0 atom stereocenters. The molecule has 0 aliphatic rings. The zero-order valence-corrected chi connectivity index (χ0v) is 14.2. The highest BCUT2D eigenvalue weighted by molar-refractivity contribution is 6.35. The van der Waals surface area contributed by atoms with E-state index in [4.69, 9.17) is 23.2 Å². The van der Waals surface area contributed by atoms with Gasteiger partial charge in [-0.2, -0.15) is 0 Å². The highest BCUT2D eigenvalue weighted by atomic mass is 35.5. The number of halogens is 2. The molecule has 3 aromatic carbocycles. The Labute approximate surface area is 145 Å². The van der Waals surface area contributed by atoms with Gasteiger partial charge >= 0.3 is 0 Å². The van der Waals surface area contributed by atoms with Crippen molar-refractivity contribution >= 4 is 45.0 Å². The van der Waals surface area contributed by atoms with Crippen LogP contribution in [-0.4, -0.2) is 4.57 Å². The molecule has 1 nitrogen and oxygen atoms in total. The van der Waals surface area contributed by atoms with Gasteiger partial charge in [0.1, 0.15) is 0 Å². The van der Waals surface area contributed by atoms with E-state index in [9.17, 15) is 0 Å². The number of nitrogens with zero attached hydrogens (tertiary/aromatic N) is 1. The molecule has 0 N–H and O–H groups in total. The lowest BCUT2D eigenvalue weighted by atomic mass is 10.0. The quantitative estimate of drug-likeness (QED) is 0.379. The molecule has 0 spiro atoms. The van der Waals surface area contributed by atoms with Crippen molar-refractivity contribution in [2.45, 2.75) is 13.5 Å². The summed E-state index contributed by atoms with van der Waals surface area (Å²) in [7, 11) is 0. The summed E-state index contributed by atoms with van der Waals surface area (Å²) in [6.07, 6.45) is 0. The van der Waals surface area contributed by atoms with Gasteiger partial charge < -0.3 is 4.57 Å². The van der Waals surface area contributed by atoms with E-state index in [0.717, 1.165) is 17.7 Å². The van der Waals surface area contributed by atoms with E-state index < -0.39 is 0 Å². The van der Waals surface area contributed by atoms with Gasteiger partial charge in [0, 0.05) is 38.4 Å². The molecule has 3 heteroatoms. The molecule has 0 aliphatic heterocycles. The highest BCUT2D eigenvalue weighted by Gasteiger charge is 2.10. The second kappa shape index (κ2) is 5.59. The van der Waals surface area contributed by atoms with Crippen LogP contribution in [-0.2, 0) is 6.54 Å². The Morgan fingerprint density at radius 3 is 2.17 bits per heavy atom. The normalized spacial score (nSPS) is 11.4. The van der Waals surface area contributed by atoms with E-state index >= 15 is 0 Å². The first kappa shape index (κ1) is 14.6.